The van der Waals surface area contributed by atoms with E-state index in [-0.39, 0.29) is 0 Å². The summed E-state index contributed by atoms with van der Waals surface area (Å²) in [4.78, 5) is 0. The fourth-order valence-electron chi connectivity index (χ4n) is 1.08. The zero-order chi connectivity index (χ0) is 9.30. The van der Waals surface area contributed by atoms with E-state index in [1.807, 2.05) is 0 Å². The first-order valence-corrected chi connectivity index (χ1v) is 3.56. The average molecular weight is 180 g/mol. The summed E-state index contributed by atoms with van der Waals surface area (Å²) in [5.41, 5.74) is 0. The minimum Gasteiger partial charge on any atom is -0.394 e. The number of aliphatic hydroxyl groups excluding tert-OH is 5. The van der Waals surface area contributed by atoms with Crippen molar-refractivity contribution in [2.24, 2.45) is 0 Å². The van der Waals surface area contributed by atoms with Gasteiger partial charge in [0.25, 0.3) is 0 Å². The van der Waals surface area contributed by atoms with Crippen LogP contribution in [0.3, 0.4) is 0 Å². The van der Waals surface area contributed by atoms with E-state index in [2.05, 4.69) is 4.74 Å². The first-order chi connectivity index (χ1) is 5.57. The van der Waals surface area contributed by atoms with Gasteiger partial charge >= 0.3 is 0 Å². The second kappa shape index (κ2) is 3.65. The van der Waals surface area contributed by atoms with Gasteiger partial charge in [0, 0.05) is 0 Å². The molecule has 0 radical (unpaired) electrons. The van der Waals surface area contributed by atoms with Crippen molar-refractivity contribution >= 4 is 0 Å². The molecule has 1 saturated heterocycles. The van der Waals surface area contributed by atoms with E-state index in [9.17, 15) is 0 Å². The minimum atomic E-state index is -1.57. The van der Waals surface area contributed by atoms with Crippen molar-refractivity contribution in [3.8, 4) is 0 Å². The molecule has 5 N–H and O–H groups in total. The van der Waals surface area contributed by atoms with Crippen molar-refractivity contribution in [2.75, 3.05) is 6.61 Å². The van der Waals surface area contributed by atoms with Crippen molar-refractivity contribution < 1.29 is 30.3 Å². The first-order valence-electron chi connectivity index (χ1n) is 3.56. The van der Waals surface area contributed by atoms with E-state index in [1.165, 1.54) is 0 Å². The van der Waals surface area contributed by atoms with Gasteiger partial charge in [-0.2, -0.15) is 0 Å². The van der Waals surface area contributed by atoms with Crippen molar-refractivity contribution in [3.05, 3.63) is 0 Å². The van der Waals surface area contributed by atoms with Crippen LogP contribution in [-0.4, -0.2) is 62.8 Å². The van der Waals surface area contributed by atoms with Crippen molar-refractivity contribution in [3.63, 3.8) is 0 Å². The monoisotopic (exact) mass is 180 g/mol. The molecule has 0 aromatic carbocycles. The Hall–Kier alpha value is -0.240. The van der Waals surface area contributed by atoms with Crippen LogP contribution < -0.4 is 0 Å². The minimum absolute atomic E-state index is 0.526. The summed E-state index contributed by atoms with van der Waals surface area (Å²) < 4.78 is 4.58. The van der Waals surface area contributed by atoms with E-state index in [4.69, 9.17) is 25.5 Å². The Morgan fingerprint density at radius 1 is 0.917 bits per heavy atom. The molecule has 12 heavy (non-hydrogen) atoms. The number of aliphatic hydroxyl groups is 5. The Morgan fingerprint density at radius 2 is 1.50 bits per heavy atom. The van der Waals surface area contributed by atoms with Crippen LogP contribution >= 0.6 is 0 Å². The van der Waals surface area contributed by atoms with Crippen molar-refractivity contribution in [1.82, 2.24) is 0 Å². The molecule has 6 nitrogen and oxygen atoms in total. The van der Waals surface area contributed by atoms with Crippen LogP contribution in [0.5, 0.6) is 0 Å². The maximum Gasteiger partial charge on any atom is 0.184 e. The molecule has 1 aliphatic heterocycles. The van der Waals surface area contributed by atoms with E-state index in [1.54, 1.807) is 0 Å². The van der Waals surface area contributed by atoms with Gasteiger partial charge in [0.05, 0.1) is 6.61 Å². The second-order valence-electron chi connectivity index (χ2n) is 2.72. The van der Waals surface area contributed by atoms with Crippen LogP contribution in [-0.2, 0) is 4.74 Å². The summed E-state index contributed by atoms with van der Waals surface area (Å²) in [6.45, 7) is -0.526. The Labute approximate surface area is 68.6 Å². The molecule has 5 atom stereocenters. The van der Waals surface area contributed by atoms with Crippen LogP contribution in [0.4, 0.5) is 0 Å². The Morgan fingerprint density at radius 3 is 2.00 bits per heavy atom. The van der Waals surface area contributed by atoms with E-state index >= 15 is 0 Å². The summed E-state index contributed by atoms with van der Waals surface area (Å²) in [7, 11) is 0. The summed E-state index contributed by atoms with van der Waals surface area (Å²) in [5.74, 6) is 0. The van der Waals surface area contributed by atoms with Gasteiger partial charge in [-0.05, 0) is 0 Å². The van der Waals surface area contributed by atoms with Gasteiger partial charge in [0.15, 0.2) is 6.29 Å². The SMILES string of the molecule is OCC1OC(O)C(O)[C@H](O)[C@@H]1O. The average Bonchev–Trinajstić information content (AvgIpc) is 2.08. The second-order valence-corrected chi connectivity index (χ2v) is 2.72. The number of ether oxygens (including phenoxy) is 1. The molecule has 6 heteroatoms. The molecule has 0 amide bonds. The van der Waals surface area contributed by atoms with Crippen LogP contribution in [0.15, 0.2) is 0 Å². The molecule has 1 heterocycles. The van der Waals surface area contributed by atoms with E-state index in [0.717, 1.165) is 0 Å². The molecule has 1 rings (SSSR count). The molecule has 0 saturated carbocycles. The zero-order valence-corrected chi connectivity index (χ0v) is 6.24. The lowest BCUT2D eigenvalue weighted by molar-refractivity contribution is -0.286. The van der Waals surface area contributed by atoms with E-state index < -0.39 is 37.3 Å². The summed E-state index contributed by atoms with van der Waals surface area (Å²) in [6, 6.07) is 0. The summed E-state index contributed by atoms with van der Waals surface area (Å²) in [6.07, 6.45) is -7.04. The number of hydrogen-bond donors (Lipinski definition) is 5. The fraction of sp³-hybridized carbons (Fsp3) is 1.00. The third-order valence-electron chi connectivity index (χ3n) is 1.87. The predicted octanol–water partition coefficient (Wildman–Crippen LogP) is -3.22. The first kappa shape index (κ1) is 9.85. The molecule has 1 aliphatic rings. The molecular formula is C6H12O6. The van der Waals surface area contributed by atoms with Crippen LogP contribution in [0, 0.1) is 0 Å². The molecule has 72 valence electrons. The third-order valence-corrected chi connectivity index (χ3v) is 1.87. The van der Waals surface area contributed by atoms with Gasteiger partial charge in [0.1, 0.15) is 24.4 Å². The quantitative estimate of drug-likeness (QED) is 0.290. The lowest BCUT2D eigenvalue weighted by Gasteiger charge is -2.37. The van der Waals surface area contributed by atoms with E-state index in [0.29, 0.717) is 0 Å². The number of rotatable bonds is 1. The zero-order valence-electron chi connectivity index (χ0n) is 6.24. The smallest absolute Gasteiger partial charge is 0.184 e. The highest BCUT2D eigenvalue weighted by Gasteiger charge is 2.42. The van der Waals surface area contributed by atoms with Crippen LogP contribution in [0.1, 0.15) is 0 Å². The lowest BCUT2D eigenvalue weighted by atomic mass is 10.00. The highest BCUT2D eigenvalue weighted by molar-refractivity contribution is 4.87. The summed E-state index contributed by atoms with van der Waals surface area (Å²) >= 11 is 0. The molecule has 0 aliphatic carbocycles. The molecule has 0 aromatic rings. The predicted molar refractivity (Wildman–Crippen MR) is 36.0 cm³/mol. The van der Waals surface area contributed by atoms with Crippen molar-refractivity contribution in [1.29, 1.82) is 0 Å². The maximum atomic E-state index is 9.12. The van der Waals surface area contributed by atoms with Gasteiger partial charge in [0.2, 0.25) is 0 Å². The maximum absolute atomic E-state index is 9.12. The molecular weight excluding hydrogens is 168 g/mol. The van der Waals surface area contributed by atoms with Gasteiger partial charge in [-0.25, -0.2) is 0 Å². The Bertz CT molecular complexity index is 146. The topological polar surface area (TPSA) is 110 Å². The van der Waals surface area contributed by atoms with Crippen LogP contribution in [0.2, 0.25) is 0 Å². The van der Waals surface area contributed by atoms with Crippen LogP contribution in [0.25, 0.3) is 0 Å². The summed E-state index contributed by atoms with van der Waals surface area (Å²) in [5, 5.41) is 44.7. The van der Waals surface area contributed by atoms with Gasteiger partial charge in [-0.1, -0.05) is 0 Å². The highest BCUT2D eigenvalue weighted by atomic mass is 16.6. The third kappa shape index (κ3) is 1.58. The van der Waals surface area contributed by atoms with Gasteiger partial charge in [-0.3, -0.25) is 0 Å². The molecule has 0 aromatic heterocycles. The molecule has 3 unspecified atom stereocenters. The molecule has 0 bridgehead atoms. The van der Waals surface area contributed by atoms with Gasteiger partial charge in [-0.15, -0.1) is 0 Å². The molecule has 1 fully saturated rings. The Kier molecular flexibility index (Phi) is 2.99. The standard InChI is InChI=1S/C6H12O6/c7-1-2-3(8)4(9)5(10)6(11)12-2/h2-11H,1H2/t2?,3-,4-,5?,6?/m1/s1. The normalized spacial score (nSPS) is 49.2. The largest absolute Gasteiger partial charge is 0.394 e. The molecule has 0 spiro atoms. The fourth-order valence-corrected chi connectivity index (χ4v) is 1.08. The Balaban J connectivity index is 2.63. The van der Waals surface area contributed by atoms with Gasteiger partial charge < -0.3 is 30.3 Å². The highest BCUT2D eigenvalue weighted by Crippen LogP contribution is 2.18. The van der Waals surface area contributed by atoms with Crippen molar-refractivity contribution in [2.45, 2.75) is 30.7 Å². The number of hydrogen-bond acceptors (Lipinski definition) is 6. The lowest BCUT2D eigenvalue weighted by Crippen LogP contribution is -2.58.